The van der Waals surface area contributed by atoms with Gasteiger partial charge < -0.3 is 4.74 Å². The minimum Gasteiger partial charge on any atom is -0.435 e. The van der Waals surface area contributed by atoms with Crippen molar-refractivity contribution in [1.82, 2.24) is 0 Å². The fraction of sp³-hybridized carbons (Fsp3) is 0.417. The number of alkyl halides is 2. The Morgan fingerprint density at radius 3 is 2.62 bits per heavy atom. The van der Waals surface area contributed by atoms with Gasteiger partial charge in [-0.15, -0.1) is 0 Å². The quantitative estimate of drug-likeness (QED) is 0.774. The van der Waals surface area contributed by atoms with Crippen molar-refractivity contribution in [2.24, 2.45) is 0 Å². The smallest absolute Gasteiger partial charge is 0.387 e. The lowest BCUT2D eigenvalue weighted by molar-refractivity contribution is -0.116. The van der Waals surface area contributed by atoms with E-state index in [4.69, 9.17) is 0 Å². The topological polar surface area (TPSA) is 26.3 Å². The Kier molecular flexibility index (Phi) is 4.40. The van der Waals surface area contributed by atoms with E-state index in [1.54, 1.807) is 6.07 Å². The van der Waals surface area contributed by atoms with E-state index in [9.17, 15) is 13.6 Å². The third-order valence-electron chi connectivity index (χ3n) is 2.25. The normalized spacial score (nSPS) is 10.6. The van der Waals surface area contributed by atoms with Gasteiger partial charge in [0.1, 0.15) is 11.5 Å². The summed E-state index contributed by atoms with van der Waals surface area (Å²) >= 11 is 0. The summed E-state index contributed by atoms with van der Waals surface area (Å²) in [6.07, 6.45) is 0.815. The van der Waals surface area contributed by atoms with Gasteiger partial charge in [0, 0.05) is 12.0 Å². The minimum absolute atomic E-state index is 0.0694. The third kappa shape index (κ3) is 3.29. The molecule has 0 unspecified atom stereocenters. The van der Waals surface area contributed by atoms with E-state index in [-0.39, 0.29) is 18.0 Å². The summed E-state index contributed by atoms with van der Waals surface area (Å²) < 4.78 is 28.7. The van der Waals surface area contributed by atoms with Crippen LogP contribution in [0.25, 0.3) is 0 Å². The number of aryl methyl sites for hydroxylation is 1. The molecule has 1 aromatic rings. The molecule has 88 valence electrons. The zero-order valence-corrected chi connectivity index (χ0v) is 9.30. The van der Waals surface area contributed by atoms with Gasteiger partial charge in [0.15, 0.2) is 0 Å². The molecular formula is C12H14F2O2. The van der Waals surface area contributed by atoms with Crippen molar-refractivity contribution >= 4 is 5.78 Å². The Balaban J connectivity index is 3.09. The molecule has 0 N–H and O–H groups in total. The van der Waals surface area contributed by atoms with Crippen LogP contribution in [-0.4, -0.2) is 12.4 Å². The second-order valence-electron chi connectivity index (χ2n) is 3.50. The van der Waals surface area contributed by atoms with E-state index in [1.807, 2.05) is 13.0 Å². The SMILES string of the molecule is CCc1cccc(OC(F)F)c1CC(C)=O. The molecule has 1 aromatic carbocycles. The number of ether oxygens (including phenoxy) is 1. The molecule has 0 radical (unpaired) electrons. The Morgan fingerprint density at radius 1 is 1.44 bits per heavy atom. The summed E-state index contributed by atoms with van der Waals surface area (Å²) in [5.41, 5.74) is 1.44. The van der Waals surface area contributed by atoms with E-state index < -0.39 is 6.61 Å². The summed E-state index contributed by atoms with van der Waals surface area (Å²) in [5, 5.41) is 0. The van der Waals surface area contributed by atoms with Gasteiger partial charge >= 0.3 is 6.61 Å². The molecule has 0 aliphatic rings. The van der Waals surface area contributed by atoms with Gasteiger partial charge in [0.2, 0.25) is 0 Å². The van der Waals surface area contributed by atoms with Crippen molar-refractivity contribution in [3.8, 4) is 5.75 Å². The first-order chi connectivity index (χ1) is 7.54. The van der Waals surface area contributed by atoms with Crippen molar-refractivity contribution in [2.75, 3.05) is 0 Å². The van der Waals surface area contributed by atoms with Crippen molar-refractivity contribution in [2.45, 2.75) is 33.3 Å². The van der Waals surface area contributed by atoms with Crippen LogP contribution in [0.15, 0.2) is 18.2 Å². The molecular weight excluding hydrogens is 214 g/mol. The van der Waals surface area contributed by atoms with Crippen LogP contribution in [0.4, 0.5) is 8.78 Å². The molecule has 0 atom stereocenters. The molecule has 0 aliphatic carbocycles. The van der Waals surface area contributed by atoms with Gasteiger partial charge in [-0.3, -0.25) is 4.79 Å². The molecule has 0 fully saturated rings. The average molecular weight is 228 g/mol. The van der Waals surface area contributed by atoms with Gasteiger partial charge in [-0.2, -0.15) is 8.78 Å². The second kappa shape index (κ2) is 5.58. The van der Waals surface area contributed by atoms with Crippen LogP contribution in [0.5, 0.6) is 5.75 Å². The number of hydrogen-bond donors (Lipinski definition) is 0. The lowest BCUT2D eigenvalue weighted by Gasteiger charge is -2.13. The Morgan fingerprint density at radius 2 is 2.12 bits per heavy atom. The highest BCUT2D eigenvalue weighted by molar-refractivity contribution is 5.79. The lowest BCUT2D eigenvalue weighted by atomic mass is 10.00. The van der Waals surface area contributed by atoms with Crippen molar-refractivity contribution in [1.29, 1.82) is 0 Å². The number of carbonyl (C=O) groups is 1. The minimum atomic E-state index is -2.86. The van der Waals surface area contributed by atoms with E-state index in [0.717, 1.165) is 5.56 Å². The number of rotatable bonds is 5. The molecule has 0 aliphatic heterocycles. The standard InChI is InChI=1S/C12H14F2O2/c1-3-9-5-4-6-11(16-12(13)14)10(9)7-8(2)15/h4-6,12H,3,7H2,1-2H3. The zero-order valence-electron chi connectivity index (χ0n) is 9.30. The van der Waals surface area contributed by atoms with Crippen molar-refractivity contribution < 1.29 is 18.3 Å². The van der Waals surface area contributed by atoms with Crippen molar-refractivity contribution in [3.63, 3.8) is 0 Å². The summed E-state index contributed by atoms with van der Waals surface area (Å²) in [7, 11) is 0. The van der Waals surface area contributed by atoms with Gasteiger partial charge in [0.25, 0.3) is 0 Å². The summed E-state index contributed by atoms with van der Waals surface area (Å²) in [5.74, 6) is 0.0320. The number of benzene rings is 1. The Labute approximate surface area is 93.2 Å². The Bertz CT molecular complexity index is 375. The fourth-order valence-corrected chi connectivity index (χ4v) is 1.60. The van der Waals surface area contributed by atoms with Crippen LogP contribution < -0.4 is 4.74 Å². The Hall–Kier alpha value is -1.45. The van der Waals surface area contributed by atoms with Crippen LogP contribution in [-0.2, 0) is 17.6 Å². The highest BCUT2D eigenvalue weighted by atomic mass is 19.3. The van der Waals surface area contributed by atoms with Crippen LogP contribution in [0.1, 0.15) is 25.0 Å². The number of carbonyl (C=O) groups excluding carboxylic acids is 1. The van der Waals surface area contributed by atoms with Crippen LogP contribution in [0.3, 0.4) is 0 Å². The first-order valence-electron chi connectivity index (χ1n) is 5.09. The van der Waals surface area contributed by atoms with Gasteiger partial charge in [0.05, 0.1) is 0 Å². The maximum absolute atomic E-state index is 12.2. The van der Waals surface area contributed by atoms with Gasteiger partial charge in [-0.05, 0) is 25.0 Å². The molecule has 4 heteroatoms. The van der Waals surface area contributed by atoms with Gasteiger partial charge in [-0.1, -0.05) is 19.1 Å². The molecule has 1 rings (SSSR count). The number of hydrogen-bond acceptors (Lipinski definition) is 2. The number of ketones is 1. The van der Waals surface area contributed by atoms with Crippen LogP contribution >= 0.6 is 0 Å². The molecule has 0 spiro atoms. The predicted octanol–water partition coefficient (Wildman–Crippen LogP) is 2.98. The summed E-state index contributed by atoms with van der Waals surface area (Å²) in [4.78, 5) is 11.1. The lowest BCUT2D eigenvalue weighted by Crippen LogP contribution is -2.08. The van der Waals surface area contributed by atoms with E-state index in [1.165, 1.54) is 13.0 Å². The molecule has 0 amide bonds. The van der Waals surface area contributed by atoms with Crippen LogP contribution in [0.2, 0.25) is 0 Å². The molecule has 0 saturated carbocycles. The number of Topliss-reactive ketones (excluding diaryl/α,β-unsaturated/α-hetero) is 1. The monoisotopic (exact) mass is 228 g/mol. The fourth-order valence-electron chi connectivity index (χ4n) is 1.60. The highest BCUT2D eigenvalue weighted by Crippen LogP contribution is 2.25. The van der Waals surface area contributed by atoms with Crippen molar-refractivity contribution in [3.05, 3.63) is 29.3 Å². The predicted molar refractivity (Wildman–Crippen MR) is 56.8 cm³/mol. The van der Waals surface area contributed by atoms with E-state index in [0.29, 0.717) is 12.0 Å². The first-order valence-corrected chi connectivity index (χ1v) is 5.09. The number of halogens is 2. The summed E-state index contributed by atoms with van der Waals surface area (Å²) in [6.45, 7) is 0.474. The maximum Gasteiger partial charge on any atom is 0.387 e. The largest absolute Gasteiger partial charge is 0.435 e. The maximum atomic E-state index is 12.2. The third-order valence-corrected chi connectivity index (χ3v) is 2.25. The summed E-state index contributed by atoms with van der Waals surface area (Å²) in [6, 6.07) is 4.93. The second-order valence-corrected chi connectivity index (χ2v) is 3.50. The van der Waals surface area contributed by atoms with E-state index in [2.05, 4.69) is 4.74 Å². The molecule has 0 bridgehead atoms. The molecule has 0 aromatic heterocycles. The molecule has 16 heavy (non-hydrogen) atoms. The highest BCUT2D eigenvalue weighted by Gasteiger charge is 2.13. The van der Waals surface area contributed by atoms with Crippen LogP contribution in [0, 0.1) is 0 Å². The van der Waals surface area contributed by atoms with E-state index >= 15 is 0 Å². The zero-order chi connectivity index (χ0) is 12.1. The average Bonchev–Trinajstić information content (AvgIpc) is 2.19. The first kappa shape index (κ1) is 12.6. The van der Waals surface area contributed by atoms with Gasteiger partial charge in [-0.25, -0.2) is 0 Å². The molecule has 2 nitrogen and oxygen atoms in total. The molecule has 0 heterocycles. The molecule has 0 saturated heterocycles.